The van der Waals surface area contributed by atoms with Crippen molar-refractivity contribution < 1.29 is 9.72 Å². The Balaban J connectivity index is 1.82. The highest BCUT2D eigenvalue weighted by Gasteiger charge is 2.14. The van der Waals surface area contributed by atoms with Crippen molar-refractivity contribution in [3.05, 3.63) is 56.0 Å². The van der Waals surface area contributed by atoms with Crippen molar-refractivity contribution in [2.45, 2.75) is 26.3 Å². The van der Waals surface area contributed by atoms with Crippen LogP contribution in [-0.4, -0.2) is 22.5 Å². The number of para-hydroxylation sites is 1. The van der Waals surface area contributed by atoms with Crippen LogP contribution in [0.15, 0.2) is 30.5 Å². The third-order valence-electron chi connectivity index (χ3n) is 3.23. The predicted molar refractivity (Wildman–Crippen MR) is 88.6 cm³/mol. The quantitative estimate of drug-likeness (QED) is 0.627. The van der Waals surface area contributed by atoms with Gasteiger partial charge in [0, 0.05) is 29.2 Å². The average Bonchev–Trinajstić information content (AvgIpc) is 2.94. The van der Waals surface area contributed by atoms with Crippen molar-refractivity contribution in [1.82, 2.24) is 15.6 Å². The Labute approximate surface area is 137 Å². The molecule has 2 N–H and O–H groups in total. The van der Waals surface area contributed by atoms with E-state index in [0.717, 1.165) is 9.88 Å². The van der Waals surface area contributed by atoms with Crippen molar-refractivity contribution >= 4 is 23.1 Å². The number of rotatable bonds is 6. The molecular formula is C15H18N4O3S. The van der Waals surface area contributed by atoms with Crippen LogP contribution in [0.25, 0.3) is 0 Å². The molecular weight excluding hydrogens is 316 g/mol. The number of carbonyl (C=O) groups excluding carboxylic acids is 1. The molecule has 122 valence electrons. The van der Waals surface area contributed by atoms with Crippen molar-refractivity contribution in [1.29, 1.82) is 0 Å². The molecule has 2 amide bonds. The van der Waals surface area contributed by atoms with Gasteiger partial charge in [-0.1, -0.05) is 18.2 Å². The lowest BCUT2D eigenvalue weighted by Crippen LogP contribution is -2.38. The van der Waals surface area contributed by atoms with Crippen LogP contribution in [0, 0.1) is 17.0 Å². The largest absolute Gasteiger partial charge is 0.338 e. The molecule has 0 fully saturated rings. The molecule has 1 aromatic carbocycles. The fourth-order valence-corrected chi connectivity index (χ4v) is 2.87. The van der Waals surface area contributed by atoms with E-state index in [9.17, 15) is 14.9 Å². The fraction of sp³-hybridized carbons (Fsp3) is 0.333. The summed E-state index contributed by atoms with van der Waals surface area (Å²) in [7, 11) is 0. The van der Waals surface area contributed by atoms with Gasteiger partial charge < -0.3 is 10.6 Å². The van der Waals surface area contributed by atoms with Gasteiger partial charge >= 0.3 is 6.03 Å². The van der Waals surface area contributed by atoms with Gasteiger partial charge in [0.1, 0.15) is 5.01 Å². The molecule has 23 heavy (non-hydrogen) atoms. The number of aromatic nitrogens is 1. The summed E-state index contributed by atoms with van der Waals surface area (Å²) in [4.78, 5) is 27.7. The lowest BCUT2D eigenvalue weighted by molar-refractivity contribution is -0.385. The number of aryl methyl sites for hydroxylation is 1. The minimum absolute atomic E-state index is 0.0707. The highest BCUT2D eigenvalue weighted by atomic mass is 32.1. The van der Waals surface area contributed by atoms with Crippen LogP contribution in [0.2, 0.25) is 0 Å². The first-order valence-corrected chi connectivity index (χ1v) is 7.98. The number of carbonyl (C=O) groups is 1. The number of nitro groups is 1. The molecule has 0 radical (unpaired) electrons. The molecule has 1 unspecified atom stereocenters. The Morgan fingerprint density at radius 2 is 2.17 bits per heavy atom. The van der Waals surface area contributed by atoms with E-state index < -0.39 is 4.92 Å². The molecule has 0 bridgehead atoms. The van der Waals surface area contributed by atoms with Gasteiger partial charge in [-0.05, 0) is 20.3 Å². The van der Waals surface area contributed by atoms with Crippen molar-refractivity contribution in [2.75, 3.05) is 6.54 Å². The van der Waals surface area contributed by atoms with E-state index in [1.807, 2.05) is 13.8 Å². The number of thiazole rings is 1. The van der Waals surface area contributed by atoms with E-state index in [4.69, 9.17) is 0 Å². The van der Waals surface area contributed by atoms with Crippen LogP contribution in [0.3, 0.4) is 0 Å². The van der Waals surface area contributed by atoms with Crippen LogP contribution in [-0.2, 0) is 6.42 Å². The molecule has 2 rings (SSSR count). The molecule has 0 saturated heterocycles. The lowest BCUT2D eigenvalue weighted by atomic mass is 10.1. The van der Waals surface area contributed by atoms with E-state index in [1.165, 1.54) is 17.4 Å². The number of amides is 2. The Hall–Kier alpha value is -2.48. The van der Waals surface area contributed by atoms with E-state index in [1.54, 1.807) is 24.4 Å². The maximum Gasteiger partial charge on any atom is 0.315 e. The molecule has 0 aliphatic carbocycles. The van der Waals surface area contributed by atoms with Gasteiger partial charge in [-0.25, -0.2) is 9.78 Å². The highest BCUT2D eigenvalue weighted by molar-refractivity contribution is 7.11. The second-order valence-corrected chi connectivity index (χ2v) is 6.33. The van der Waals surface area contributed by atoms with E-state index in [2.05, 4.69) is 15.6 Å². The number of hydrogen-bond donors (Lipinski definition) is 2. The minimum Gasteiger partial charge on any atom is -0.338 e. The van der Waals surface area contributed by atoms with E-state index in [-0.39, 0.29) is 17.8 Å². The van der Waals surface area contributed by atoms with Gasteiger partial charge in [0.05, 0.1) is 11.0 Å². The minimum atomic E-state index is -0.414. The summed E-state index contributed by atoms with van der Waals surface area (Å²) in [6, 6.07) is 6.03. The van der Waals surface area contributed by atoms with Gasteiger partial charge in [0.2, 0.25) is 0 Å². The number of nitro benzene ring substituents is 1. The van der Waals surface area contributed by atoms with Gasteiger partial charge in [0.25, 0.3) is 5.69 Å². The maximum absolute atomic E-state index is 11.9. The highest BCUT2D eigenvalue weighted by Crippen LogP contribution is 2.19. The van der Waals surface area contributed by atoms with Crippen molar-refractivity contribution in [2.24, 2.45) is 0 Å². The molecule has 1 atom stereocenters. The van der Waals surface area contributed by atoms with Gasteiger partial charge in [-0.3, -0.25) is 10.1 Å². The third-order valence-corrected chi connectivity index (χ3v) is 4.32. The first kappa shape index (κ1) is 16.9. The summed E-state index contributed by atoms with van der Waals surface area (Å²) in [5.41, 5.74) is 0.669. The predicted octanol–water partition coefficient (Wildman–Crippen LogP) is 2.96. The second kappa shape index (κ2) is 7.68. The summed E-state index contributed by atoms with van der Waals surface area (Å²) in [6.07, 6.45) is 2.17. The summed E-state index contributed by atoms with van der Waals surface area (Å²) in [5, 5.41) is 17.3. The second-order valence-electron chi connectivity index (χ2n) is 5.07. The van der Waals surface area contributed by atoms with Gasteiger partial charge in [-0.15, -0.1) is 11.3 Å². The number of benzene rings is 1. The molecule has 1 heterocycles. The standard InChI is InChI=1S/C15H18N4O3S/c1-10-9-17-14(23-10)11(2)18-15(20)16-8-7-12-5-3-4-6-13(12)19(21)22/h3-6,9,11H,7-8H2,1-2H3,(H2,16,18,20). The molecule has 0 saturated carbocycles. The molecule has 0 spiro atoms. The summed E-state index contributed by atoms with van der Waals surface area (Å²) in [5.74, 6) is 0. The first-order valence-electron chi connectivity index (χ1n) is 7.16. The van der Waals surface area contributed by atoms with Crippen LogP contribution < -0.4 is 10.6 Å². The van der Waals surface area contributed by atoms with Crippen LogP contribution in [0.5, 0.6) is 0 Å². The number of nitrogens with one attached hydrogen (secondary N) is 2. The molecule has 0 aliphatic rings. The van der Waals surface area contributed by atoms with Crippen LogP contribution >= 0.6 is 11.3 Å². The Morgan fingerprint density at radius 1 is 1.43 bits per heavy atom. The molecule has 2 aromatic rings. The fourth-order valence-electron chi connectivity index (χ4n) is 2.09. The monoisotopic (exact) mass is 334 g/mol. The van der Waals surface area contributed by atoms with E-state index >= 15 is 0 Å². The topological polar surface area (TPSA) is 97.2 Å². The number of hydrogen-bond acceptors (Lipinski definition) is 5. The van der Waals surface area contributed by atoms with Crippen LogP contribution in [0.4, 0.5) is 10.5 Å². The SMILES string of the molecule is Cc1cnc(C(C)NC(=O)NCCc2ccccc2[N+](=O)[O-])s1. The smallest absolute Gasteiger partial charge is 0.315 e. The third kappa shape index (κ3) is 4.75. The number of urea groups is 1. The Kier molecular flexibility index (Phi) is 5.64. The zero-order chi connectivity index (χ0) is 16.8. The lowest BCUT2D eigenvalue weighted by Gasteiger charge is -2.12. The first-order chi connectivity index (χ1) is 11.0. The van der Waals surface area contributed by atoms with Gasteiger partial charge in [0.15, 0.2) is 0 Å². The average molecular weight is 334 g/mol. The van der Waals surface area contributed by atoms with E-state index in [0.29, 0.717) is 18.5 Å². The maximum atomic E-state index is 11.9. The van der Waals surface area contributed by atoms with Crippen LogP contribution in [0.1, 0.15) is 28.4 Å². The Bertz CT molecular complexity index is 702. The zero-order valence-electron chi connectivity index (χ0n) is 12.9. The van der Waals surface area contributed by atoms with Crippen molar-refractivity contribution in [3.8, 4) is 0 Å². The summed E-state index contributed by atoms with van der Waals surface area (Å²) < 4.78 is 0. The molecule has 1 aromatic heterocycles. The van der Waals surface area contributed by atoms with Crippen molar-refractivity contribution in [3.63, 3.8) is 0 Å². The summed E-state index contributed by atoms with van der Waals surface area (Å²) >= 11 is 1.54. The normalized spacial score (nSPS) is 11.7. The molecule has 0 aliphatic heterocycles. The number of nitrogens with zero attached hydrogens (tertiary/aromatic N) is 2. The molecule has 8 heteroatoms. The Morgan fingerprint density at radius 3 is 2.83 bits per heavy atom. The molecule has 7 nitrogen and oxygen atoms in total. The van der Waals surface area contributed by atoms with Gasteiger partial charge in [-0.2, -0.15) is 0 Å². The summed E-state index contributed by atoms with van der Waals surface area (Å²) in [6.45, 7) is 4.14. The zero-order valence-corrected chi connectivity index (χ0v) is 13.7.